The van der Waals surface area contributed by atoms with Crippen molar-refractivity contribution < 1.29 is 19.1 Å². The van der Waals surface area contributed by atoms with Gasteiger partial charge in [0, 0.05) is 5.57 Å². The Labute approximate surface area is 142 Å². The Hall–Kier alpha value is -2.10. The molecule has 0 saturated heterocycles. The average Bonchev–Trinajstić information content (AvgIpc) is 2.51. The fourth-order valence-corrected chi connectivity index (χ4v) is 4.28. The van der Waals surface area contributed by atoms with Gasteiger partial charge in [-0.2, -0.15) is 0 Å². The van der Waals surface area contributed by atoms with E-state index in [1.165, 1.54) is 0 Å². The lowest BCUT2D eigenvalue weighted by atomic mass is 9.34. The van der Waals surface area contributed by atoms with Crippen LogP contribution in [0.15, 0.2) is 42.0 Å². The Morgan fingerprint density at radius 1 is 1.12 bits per heavy atom. The van der Waals surface area contributed by atoms with Gasteiger partial charge in [0.1, 0.15) is 0 Å². The molecule has 1 aromatic carbocycles. The van der Waals surface area contributed by atoms with Crippen LogP contribution >= 0.6 is 0 Å². The van der Waals surface area contributed by atoms with Gasteiger partial charge in [0.15, 0.2) is 0 Å². The molecule has 24 heavy (non-hydrogen) atoms. The van der Waals surface area contributed by atoms with Crippen molar-refractivity contribution >= 4 is 11.9 Å². The first-order valence-corrected chi connectivity index (χ1v) is 8.56. The van der Waals surface area contributed by atoms with Crippen molar-refractivity contribution in [3.8, 4) is 0 Å². The minimum Gasteiger partial charge on any atom is -0.463 e. The molecular weight excluding hydrogens is 304 g/mol. The number of ether oxygens (including phenoxy) is 2. The predicted octanol–water partition coefficient (Wildman–Crippen LogP) is 3.91. The first-order chi connectivity index (χ1) is 11.5. The van der Waals surface area contributed by atoms with Crippen molar-refractivity contribution in [1.29, 1.82) is 0 Å². The highest BCUT2D eigenvalue weighted by atomic mass is 16.5. The van der Waals surface area contributed by atoms with Gasteiger partial charge in [0.2, 0.25) is 0 Å². The van der Waals surface area contributed by atoms with Crippen LogP contribution in [0, 0.1) is 10.8 Å². The van der Waals surface area contributed by atoms with Crippen LogP contribution in [0.4, 0.5) is 0 Å². The lowest BCUT2D eigenvalue weighted by Crippen LogP contribution is -2.61. The van der Waals surface area contributed by atoms with Crippen molar-refractivity contribution in [1.82, 2.24) is 0 Å². The molecule has 0 spiro atoms. The normalized spacial score (nSPS) is 27.7. The van der Waals surface area contributed by atoms with Crippen LogP contribution in [0.5, 0.6) is 0 Å². The quantitative estimate of drug-likeness (QED) is 0.562. The summed E-state index contributed by atoms with van der Waals surface area (Å²) in [7, 11) is 0. The second-order valence-electron chi connectivity index (χ2n) is 7.19. The van der Waals surface area contributed by atoms with Gasteiger partial charge in [-0.05, 0) is 62.5 Å². The SMILES string of the molecule is CCOC(=O)/C(C)=C/C12CC(CCOC(=O)c3ccccc3)(C1)C2. The van der Waals surface area contributed by atoms with Crippen molar-refractivity contribution in [3.63, 3.8) is 0 Å². The van der Waals surface area contributed by atoms with E-state index in [9.17, 15) is 9.59 Å². The number of carbonyl (C=O) groups excluding carboxylic acids is 2. The molecule has 3 aliphatic rings. The number of hydrogen-bond donors (Lipinski definition) is 0. The molecule has 3 aliphatic carbocycles. The standard InChI is InChI=1S/C20H24O4/c1-3-23-17(21)15(2)11-20-12-19(13-20,14-20)9-10-24-18(22)16-7-5-4-6-8-16/h4-8,11H,3,9-10,12-14H2,1-2H3/b15-11+. The van der Waals surface area contributed by atoms with E-state index < -0.39 is 0 Å². The summed E-state index contributed by atoms with van der Waals surface area (Å²) in [5.41, 5.74) is 1.79. The highest BCUT2D eigenvalue weighted by Crippen LogP contribution is 2.75. The van der Waals surface area contributed by atoms with Gasteiger partial charge in [0.25, 0.3) is 0 Å². The maximum Gasteiger partial charge on any atom is 0.338 e. The average molecular weight is 328 g/mol. The molecule has 3 saturated carbocycles. The smallest absolute Gasteiger partial charge is 0.338 e. The Morgan fingerprint density at radius 3 is 2.42 bits per heavy atom. The van der Waals surface area contributed by atoms with E-state index in [1.54, 1.807) is 12.1 Å². The molecule has 0 heterocycles. The van der Waals surface area contributed by atoms with Crippen LogP contribution in [0.25, 0.3) is 0 Å². The van der Waals surface area contributed by atoms with Gasteiger partial charge in [-0.1, -0.05) is 24.3 Å². The molecule has 0 aromatic heterocycles. The van der Waals surface area contributed by atoms with E-state index in [4.69, 9.17) is 9.47 Å². The van der Waals surface area contributed by atoms with E-state index in [1.807, 2.05) is 32.0 Å². The fourth-order valence-electron chi connectivity index (χ4n) is 4.28. The van der Waals surface area contributed by atoms with Crippen molar-refractivity contribution in [3.05, 3.63) is 47.5 Å². The van der Waals surface area contributed by atoms with Gasteiger partial charge in [0.05, 0.1) is 18.8 Å². The molecule has 128 valence electrons. The van der Waals surface area contributed by atoms with E-state index in [0.717, 1.165) is 25.7 Å². The van der Waals surface area contributed by atoms with Gasteiger partial charge >= 0.3 is 11.9 Å². The zero-order valence-corrected chi connectivity index (χ0v) is 14.3. The van der Waals surface area contributed by atoms with Gasteiger partial charge in [-0.25, -0.2) is 9.59 Å². The molecule has 4 heteroatoms. The molecule has 0 radical (unpaired) electrons. The van der Waals surface area contributed by atoms with Crippen LogP contribution in [-0.4, -0.2) is 25.2 Å². The topological polar surface area (TPSA) is 52.6 Å². The van der Waals surface area contributed by atoms with Crippen LogP contribution < -0.4 is 0 Å². The highest BCUT2D eigenvalue weighted by molar-refractivity contribution is 5.89. The van der Waals surface area contributed by atoms with Crippen molar-refractivity contribution in [2.75, 3.05) is 13.2 Å². The Morgan fingerprint density at radius 2 is 1.79 bits per heavy atom. The monoisotopic (exact) mass is 328 g/mol. The molecule has 0 unspecified atom stereocenters. The van der Waals surface area contributed by atoms with Gasteiger partial charge < -0.3 is 9.47 Å². The number of esters is 2. The molecule has 4 nitrogen and oxygen atoms in total. The maximum atomic E-state index is 11.9. The second kappa shape index (κ2) is 6.42. The van der Waals surface area contributed by atoms with Crippen LogP contribution in [0.1, 0.15) is 49.9 Å². The molecule has 2 bridgehead atoms. The molecule has 1 aromatic rings. The predicted molar refractivity (Wildman–Crippen MR) is 90.4 cm³/mol. The first kappa shape index (κ1) is 16.7. The van der Waals surface area contributed by atoms with Crippen LogP contribution in [-0.2, 0) is 14.3 Å². The zero-order valence-electron chi connectivity index (χ0n) is 14.3. The number of benzene rings is 1. The number of allylic oxidation sites excluding steroid dienone is 1. The molecule has 3 fully saturated rings. The van der Waals surface area contributed by atoms with Crippen molar-refractivity contribution in [2.24, 2.45) is 10.8 Å². The third kappa shape index (κ3) is 3.23. The summed E-state index contributed by atoms with van der Waals surface area (Å²) in [6, 6.07) is 9.08. The Bertz CT molecular complexity index is 640. The largest absolute Gasteiger partial charge is 0.463 e. The minimum atomic E-state index is -0.255. The van der Waals surface area contributed by atoms with Gasteiger partial charge in [-0.3, -0.25) is 0 Å². The second-order valence-corrected chi connectivity index (χ2v) is 7.19. The molecule has 0 N–H and O–H groups in total. The van der Waals surface area contributed by atoms with Crippen LogP contribution in [0.3, 0.4) is 0 Å². The van der Waals surface area contributed by atoms with E-state index >= 15 is 0 Å². The molecular formula is C20H24O4. The number of carbonyl (C=O) groups is 2. The third-order valence-corrected chi connectivity index (χ3v) is 5.18. The summed E-state index contributed by atoms with van der Waals surface area (Å²) < 4.78 is 10.4. The van der Waals surface area contributed by atoms with Gasteiger partial charge in [-0.15, -0.1) is 0 Å². The highest BCUT2D eigenvalue weighted by Gasteiger charge is 2.65. The zero-order chi connectivity index (χ0) is 17.2. The Balaban J connectivity index is 1.42. The summed E-state index contributed by atoms with van der Waals surface area (Å²) in [5.74, 6) is -0.469. The molecule has 0 aliphatic heterocycles. The lowest BCUT2D eigenvalue weighted by Gasteiger charge is -2.70. The molecule has 0 atom stereocenters. The minimum absolute atomic E-state index is 0.181. The summed E-state index contributed by atoms with van der Waals surface area (Å²) in [4.78, 5) is 23.6. The van der Waals surface area contributed by atoms with E-state index in [0.29, 0.717) is 29.8 Å². The summed E-state index contributed by atoms with van der Waals surface area (Å²) in [5, 5.41) is 0. The molecule has 0 amide bonds. The van der Waals surface area contributed by atoms with Crippen molar-refractivity contribution in [2.45, 2.75) is 39.5 Å². The van der Waals surface area contributed by atoms with Crippen LogP contribution in [0.2, 0.25) is 0 Å². The number of rotatable bonds is 7. The molecule has 4 rings (SSSR count). The summed E-state index contributed by atoms with van der Waals surface area (Å²) >= 11 is 0. The lowest BCUT2D eigenvalue weighted by molar-refractivity contribution is -0.179. The van der Waals surface area contributed by atoms with E-state index in [2.05, 4.69) is 6.08 Å². The first-order valence-electron chi connectivity index (χ1n) is 8.56. The number of hydrogen-bond acceptors (Lipinski definition) is 4. The summed E-state index contributed by atoms with van der Waals surface area (Å²) in [6.45, 7) is 4.52. The summed E-state index contributed by atoms with van der Waals surface area (Å²) in [6.07, 6.45) is 6.24. The third-order valence-electron chi connectivity index (χ3n) is 5.18. The maximum absolute atomic E-state index is 11.9. The fraction of sp³-hybridized carbons (Fsp3) is 0.500. The van der Waals surface area contributed by atoms with E-state index in [-0.39, 0.29) is 17.4 Å². The Kier molecular flexibility index (Phi) is 4.48.